The van der Waals surface area contributed by atoms with Crippen LogP contribution in [-0.4, -0.2) is 31.2 Å². The number of nitrogens with zero attached hydrogens (tertiary/aromatic N) is 1. The van der Waals surface area contributed by atoms with Gasteiger partial charge in [-0.3, -0.25) is 4.90 Å². The molecule has 0 aliphatic carbocycles. The minimum atomic E-state index is 0.250. The molecule has 2 saturated heterocycles. The third kappa shape index (κ3) is 2.19. The summed E-state index contributed by atoms with van der Waals surface area (Å²) in [5.41, 5.74) is 1.75. The summed E-state index contributed by atoms with van der Waals surface area (Å²) < 4.78 is 5.61. The quantitative estimate of drug-likeness (QED) is 0.793. The standard InChI is InChI=1S/C16H23NO/c1-3-7-15(8-4-1)16(9-13-18-14-10-16)17-11-5-2-6-12-17/h1,3-4,7-8H,2,5-6,9-14H2. The van der Waals surface area contributed by atoms with Gasteiger partial charge < -0.3 is 4.74 Å². The number of likely N-dealkylation sites (tertiary alicyclic amines) is 1. The van der Waals surface area contributed by atoms with Gasteiger partial charge in [-0.2, -0.15) is 0 Å². The van der Waals surface area contributed by atoms with Crippen LogP contribution in [0.2, 0.25) is 0 Å². The second-order valence-corrected chi connectivity index (χ2v) is 5.56. The highest BCUT2D eigenvalue weighted by Gasteiger charge is 2.40. The van der Waals surface area contributed by atoms with Gasteiger partial charge in [0, 0.05) is 13.2 Å². The van der Waals surface area contributed by atoms with Crippen LogP contribution in [-0.2, 0) is 10.3 Å². The maximum Gasteiger partial charge on any atom is 0.0504 e. The lowest BCUT2D eigenvalue weighted by molar-refractivity contribution is -0.0402. The molecule has 0 atom stereocenters. The zero-order chi connectivity index (χ0) is 12.3. The highest BCUT2D eigenvalue weighted by molar-refractivity contribution is 5.25. The molecule has 98 valence electrons. The third-order valence-corrected chi connectivity index (χ3v) is 4.59. The first-order valence-electron chi connectivity index (χ1n) is 7.30. The Labute approximate surface area is 110 Å². The van der Waals surface area contributed by atoms with E-state index in [1.807, 2.05) is 0 Å². The fourth-order valence-corrected chi connectivity index (χ4v) is 3.57. The normalized spacial score (nSPS) is 24.9. The minimum Gasteiger partial charge on any atom is -0.381 e. The summed E-state index contributed by atoms with van der Waals surface area (Å²) >= 11 is 0. The first-order chi connectivity index (χ1) is 8.92. The maximum absolute atomic E-state index is 5.61. The van der Waals surface area contributed by atoms with Crippen molar-refractivity contribution in [3.8, 4) is 0 Å². The van der Waals surface area contributed by atoms with Crippen molar-refractivity contribution in [1.82, 2.24) is 4.90 Å². The van der Waals surface area contributed by atoms with Gasteiger partial charge in [0.05, 0.1) is 5.54 Å². The first-order valence-corrected chi connectivity index (χ1v) is 7.30. The number of benzene rings is 1. The summed E-state index contributed by atoms with van der Waals surface area (Å²) in [6.45, 7) is 4.33. The van der Waals surface area contributed by atoms with Crippen molar-refractivity contribution in [2.24, 2.45) is 0 Å². The van der Waals surface area contributed by atoms with Crippen LogP contribution in [0, 0.1) is 0 Å². The van der Waals surface area contributed by atoms with Crippen LogP contribution < -0.4 is 0 Å². The van der Waals surface area contributed by atoms with Crippen LogP contribution in [0.15, 0.2) is 30.3 Å². The Bertz CT molecular complexity index is 364. The summed E-state index contributed by atoms with van der Waals surface area (Å²) in [5.74, 6) is 0. The topological polar surface area (TPSA) is 12.5 Å². The molecule has 1 aromatic carbocycles. The molecule has 18 heavy (non-hydrogen) atoms. The zero-order valence-corrected chi connectivity index (χ0v) is 11.1. The highest BCUT2D eigenvalue weighted by Crippen LogP contribution is 2.39. The molecule has 2 nitrogen and oxygen atoms in total. The van der Waals surface area contributed by atoms with Gasteiger partial charge in [0.15, 0.2) is 0 Å². The average Bonchev–Trinajstić information content (AvgIpc) is 2.50. The zero-order valence-electron chi connectivity index (χ0n) is 11.1. The van der Waals surface area contributed by atoms with E-state index in [0.29, 0.717) is 0 Å². The summed E-state index contributed by atoms with van der Waals surface area (Å²) in [4.78, 5) is 2.73. The molecule has 0 N–H and O–H groups in total. The van der Waals surface area contributed by atoms with E-state index in [1.54, 1.807) is 0 Å². The average molecular weight is 245 g/mol. The van der Waals surface area contributed by atoms with Gasteiger partial charge in [0.1, 0.15) is 0 Å². The van der Waals surface area contributed by atoms with Crippen LogP contribution >= 0.6 is 0 Å². The Morgan fingerprint density at radius 3 is 2.22 bits per heavy atom. The Morgan fingerprint density at radius 2 is 1.56 bits per heavy atom. The number of ether oxygens (including phenoxy) is 1. The predicted molar refractivity (Wildman–Crippen MR) is 73.6 cm³/mol. The van der Waals surface area contributed by atoms with Crippen molar-refractivity contribution in [3.63, 3.8) is 0 Å². The van der Waals surface area contributed by atoms with Gasteiger partial charge in [-0.05, 0) is 44.3 Å². The van der Waals surface area contributed by atoms with Crippen molar-refractivity contribution in [2.45, 2.75) is 37.6 Å². The molecule has 2 fully saturated rings. The van der Waals surface area contributed by atoms with Crippen LogP contribution in [0.4, 0.5) is 0 Å². The molecule has 1 aromatic rings. The van der Waals surface area contributed by atoms with E-state index in [1.165, 1.54) is 37.9 Å². The lowest BCUT2D eigenvalue weighted by Crippen LogP contribution is -2.51. The van der Waals surface area contributed by atoms with Crippen LogP contribution in [0.3, 0.4) is 0 Å². The molecular formula is C16H23NO. The van der Waals surface area contributed by atoms with E-state index in [0.717, 1.165) is 26.1 Å². The van der Waals surface area contributed by atoms with Gasteiger partial charge >= 0.3 is 0 Å². The van der Waals surface area contributed by atoms with Gasteiger partial charge in [-0.1, -0.05) is 36.8 Å². The number of rotatable bonds is 2. The fraction of sp³-hybridized carbons (Fsp3) is 0.625. The lowest BCUT2D eigenvalue weighted by Gasteiger charge is -2.48. The van der Waals surface area contributed by atoms with E-state index in [4.69, 9.17) is 4.74 Å². The molecule has 2 heteroatoms. The van der Waals surface area contributed by atoms with Crippen LogP contribution in [0.1, 0.15) is 37.7 Å². The summed E-state index contributed by atoms with van der Waals surface area (Å²) in [6.07, 6.45) is 6.41. The van der Waals surface area contributed by atoms with E-state index in [2.05, 4.69) is 35.2 Å². The van der Waals surface area contributed by atoms with E-state index in [9.17, 15) is 0 Å². The van der Waals surface area contributed by atoms with E-state index in [-0.39, 0.29) is 5.54 Å². The maximum atomic E-state index is 5.61. The first kappa shape index (κ1) is 12.2. The predicted octanol–water partition coefficient (Wildman–Crippen LogP) is 3.18. The number of hydrogen-bond donors (Lipinski definition) is 0. The Hall–Kier alpha value is -0.860. The Balaban J connectivity index is 1.92. The summed E-state index contributed by atoms with van der Waals surface area (Å²) in [6, 6.07) is 11.1. The molecule has 0 amide bonds. The fourth-order valence-electron chi connectivity index (χ4n) is 3.57. The van der Waals surface area contributed by atoms with Gasteiger partial charge in [-0.25, -0.2) is 0 Å². The molecule has 2 aliphatic rings. The molecule has 2 heterocycles. The Kier molecular flexibility index (Phi) is 3.67. The lowest BCUT2D eigenvalue weighted by atomic mass is 9.80. The molecule has 0 bridgehead atoms. The monoisotopic (exact) mass is 245 g/mol. The van der Waals surface area contributed by atoms with E-state index >= 15 is 0 Å². The van der Waals surface area contributed by atoms with Crippen molar-refractivity contribution < 1.29 is 4.74 Å². The summed E-state index contributed by atoms with van der Waals surface area (Å²) in [7, 11) is 0. The Morgan fingerprint density at radius 1 is 0.889 bits per heavy atom. The molecule has 0 saturated carbocycles. The van der Waals surface area contributed by atoms with Crippen LogP contribution in [0.5, 0.6) is 0 Å². The smallest absolute Gasteiger partial charge is 0.0504 e. The van der Waals surface area contributed by atoms with E-state index < -0.39 is 0 Å². The van der Waals surface area contributed by atoms with Crippen molar-refractivity contribution in [1.29, 1.82) is 0 Å². The second kappa shape index (κ2) is 5.41. The second-order valence-electron chi connectivity index (χ2n) is 5.56. The number of hydrogen-bond acceptors (Lipinski definition) is 2. The molecular weight excluding hydrogens is 222 g/mol. The molecule has 2 aliphatic heterocycles. The molecule has 0 spiro atoms. The SMILES string of the molecule is c1ccc(C2(N3CCCCC3)CCOCC2)cc1. The van der Waals surface area contributed by atoms with Crippen molar-refractivity contribution >= 4 is 0 Å². The van der Waals surface area contributed by atoms with Gasteiger partial charge in [0.2, 0.25) is 0 Å². The number of piperidine rings is 1. The molecule has 0 aromatic heterocycles. The molecule has 3 rings (SSSR count). The van der Waals surface area contributed by atoms with Gasteiger partial charge in [-0.15, -0.1) is 0 Å². The van der Waals surface area contributed by atoms with Gasteiger partial charge in [0.25, 0.3) is 0 Å². The largest absolute Gasteiger partial charge is 0.381 e. The minimum absolute atomic E-state index is 0.250. The van der Waals surface area contributed by atoms with Crippen molar-refractivity contribution in [2.75, 3.05) is 26.3 Å². The summed E-state index contributed by atoms with van der Waals surface area (Å²) in [5, 5.41) is 0. The molecule has 0 radical (unpaired) electrons. The molecule has 0 unspecified atom stereocenters. The van der Waals surface area contributed by atoms with Crippen molar-refractivity contribution in [3.05, 3.63) is 35.9 Å². The highest BCUT2D eigenvalue weighted by atomic mass is 16.5. The van der Waals surface area contributed by atoms with Crippen LogP contribution in [0.25, 0.3) is 0 Å². The third-order valence-electron chi connectivity index (χ3n) is 4.59.